The van der Waals surface area contributed by atoms with Crippen LogP contribution in [0.25, 0.3) is 0 Å². The number of para-hydroxylation sites is 1. The number of hydrogen-bond acceptors (Lipinski definition) is 3. The van der Waals surface area contributed by atoms with E-state index in [0.717, 1.165) is 31.9 Å². The predicted octanol–water partition coefficient (Wildman–Crippen LogP) is 2.21. The first-order chi connectivity index (χ1) is 7.88. The molecule has 0 radical (unpaired) electrons. The highest BCUT2D eigenvalue weighted by Gasteiger charge is 2.00. The van der Waals surface area contributed by atoms with Crippen molar-refractivity contribution in [3.05, 3.63) is 29.8 Å². The number of nitrogens with one attached hydrogen (secondary N) is 1. The number of rotatable bonds is 8. The highest BCUT2D eigenvalue weighted by molar-refractivity contribution is 5.33. The van der Waals surface area contributed by atoms with Crippen molar-refractivity contribution in [2.75, 3.05) is 26.9 Å². The SMILES string of the molecule is CCOc1ccccc1CNCCCOC. The van der Waals surface area contributed by atoms with E-state index in [0.29, 0.717) is 6.61 Å². The number of methoxy groups -OCH3 is 1. The molecule has 0 aliphatic carbocycles. The zero-order valence-corrected chi connectivity index (χ0v) is 10.2. The van der Waals surface area contributed by atoms with Crippen LogP contribution in [0, 0.1) is 0 Å². The lowest BCUT2D eigenvalue weighted by Gasteiger charge is -2.10. The van der Waals surface area contributed by atoms with Crippen LogP contribution < -0.4 is 10.1 Å². The van der Waals surface area contributed by atoms with Crippen molar-refractivity contribution in [3.63, 3.8) is 0 Å². The van der Waals surface area contributed by atoms with Gasteiger partial charge in [0, 0.05) is 25.8 Å². The lowest BCUT2D eigenvalue weighted by atomic mass is 10.2. The van der Waals surface area contributed by atoms with Gasteiger partial charge in [0.25, 0.3) is 0 Å². The third-order valence-corrected chi connectivity index (χ3v) is 2.29. The van der Waals surface area contributed by atoms with Gasteiger partial charge >= 0.3 is 0 Å². The van der Waals surface area contributed by atoms with Crippen LogP contribution in [0.3, 0.4) is 0 Å². The molecule has 0 unspecified atom stereocenters. The van der Waals surface area contributed by atoms with E-state index in [9.17, 15) is 0 Å². The fourth-order valence-electron chi connectivity index (χ4n) is 1.51. The van der Waals surface area contributed by atoms with E-state index >= 15 is 0 Å². The summed E-state index contributed by atoms with van der Waals surface area (Å²) in [4.78, 5) is 0. The largest absolute Gasteiger partial charge is 0.494 e. The molecule has 1 N–H and O–H groups in total. The van der Waals surface area contributed by atoms with Crippen LogP contribution in [0.15, 0.2) is 24.3 Å². The molecule has 0 aliphatic heterocycles. The molecule has 0 aliphatic rings. The van der Waals surface area contributed by atoms with Gasteiger partial charge in [0.05, 0.1) is 6.61 Å². The maximum absolute atomic E-state index is 5.55. The molecular weight excluding hydrogens is 202 g/mol. The predicted molar refractivity (Wildman–Crippen MR) is 65.8 cm³/mol. The molecule has 0 bridgehead atoms. The van der Waals surface area contributed by atoms with E-state index in [1.54, 1.807) is 7.11 Å². The average molecular weight is 223 g/mol. The van der Waals surface area contributed by atoms with Gasteiger partial charge in [-0.1, -0.05) is 18.2 Å². The number of ether oxygens (including phenoxy) is 2. The van der Waals surface area contributed by atoms with Gasteiger partial charge in [-0.15, -0.1) is 0 Å². The van der Waals surface area contributed by atoms with Crippen LogP contribution in [0.5, 0.6) is 5.75 Å². The summed E-state index contributed by atoms with van der Waals surface area (Å²) in [6.07, 6.45) is 1.04. The Bertz CT molecular complexity index is 289. The van der Waals surface area contributed by atoms with E-state index in [1.165, 1.54) is 5.56 Å². The van der Waals surface area contributed by atoms with Gasteiger partial charge in [-0.3, -0.25) is 0 Å². The first-order valence-electron chi connectivity index (χ1n) is 5.78. The highest BCUT2D eigenvalue weighted by Crippen LogP contribution is 2.17. The first-order valence-corrected chi connectivity index (χ1v) is 5.78. The molecule has 0 saturated heterocycles. The number of benzene rings is 1. The molecule has 1 aromatic carbocycles. The second-order valence-corrected chi connectivity index (χ2v) is 3.56. The Hall–Kier alpha value is -1.06. The van der Waals surface area contributed by atoms with Gasteiger partial charge in [-0.05, 0) is 26.0 Å². The average Bonchev–Trinajstić information content (AvgIpc) is 2.31. The summed E-state index contributed by atoms with van der Waals surface area (Å²) in [6.45, 7) is 5.33. The Balaban J connectivity index is 2.34. The summed E-state index contributed by atoms with van der Waals surface area (Å²) in [5.74, 6) is 0.976. The Morgan fingerprint density at radius 2 is 2.06 bits per heavy atom. The monoisotopic (exact) mass is 223 g/mol. The second-order valence-electron chi connectivity index (χ2n) is 3.56. The minimum Gasteiger partial charge on any atom is -0.494 e. The van der Waals surface area contributed by atoms with E-state index in [-0.39, 0.29) is 0 Å². The molecule has 3 heteroatoms. The van der Waals surface area contributed by atoms with Gasteiger partial charge in [-0.25, -0.2) is 0 Å². The van der Waals surface area contributed by atoms with E-state index < -0.39 is 0 Å². The zero-order chi connectivity index (χ0) is 11.6. The van der Waals surface area contributed by atoms with Gasteiger partial charge in [0.1, 0.15) is 5.75 Å². The lowest BCUT2D eigenvalue weighted by Crippen LogP contribution is -2.16. The summed E-state index contributed by atoms with van der Waals surface area (Å²) in [5.41, 5.74) is 1.21. The molecule has 0 heterocycles. The Morgan fingerprint density at radius 3 is 2.81 bits per heavy atom. The molecule has 0 amide bonds. The molecule has 0 atom stereocenters. The topological polar surface area (TPSA) is 30.5 Å². The summed E-state index contributed by atoms with van der Waals surface area (Å²) in [7, 11) is 1.73. The minimum absolute atomic E-state index is 0.709. The van der Waals surface area contributed by atoms with Gasteiger partial charge < -0.3 is 14.8 Å². The van der Waals surface area contributed by atoms with Gasteiger partial charge in [-0.2, -0.15) is 0 Å². The fourth-order valence-corrected chi connectivity index (χ4v) is 1.51. The molecular formula is C13H21NO2. The van der Waals surface area contributed by atoms with Crippen LogP contribution in [0.1, 0.15) is 18.9 Å². The molecule has 0 fully saturated rings. The summed E-state index contributed by atoms with van der Waals surface area (Å²) >= 11 is 0. The maximum Gasteiger partial charge on any atom is 0.123 e. The Labute approximate surface area is 97.8 Å². The Kier molecular flexibility index (Phi) is 6.61. The second kappa shape index (κ2) is 8.13. The summed E-state index contributed by atoms with van der Waals surface area (Å²) < 4.78 is 10.5. The molecule has 0 spiro atoms. The smallest absolute Gasteiger partial charge is 0.123 e. The van der Waals surface area contributed by atoms with Crippen LogP contribution >= 0.6 is 0 Å². The van der Waals surface area contributed by atoms with Crippen LogP contribution in [-0.2, 0) is 11.3 Å². The van der Waals surface area contributed by atoms with Crippen molar-refractivity contribution in [1.82, 2.24) is 5.32 Å². The zero-order valence-electron chi connectivity index (χ0n) is 10.2. The van der Waals surface area contributed by atoms with Crippen molar-refractivity contribution in [2.24, 2.45) is 0 Å². The molecule has 1 rings (SSSR count). The normalized spacial score (nSPS) is 10.4. The summed E-state index contributed by atoms with van der Waals surface area (Å²) in [5, 5.41) is 3.38. The number of hydrogen-bond donors (Lipinski definition) is 1. The first kappa shape index (κ1) is 13.0. The fraction of sp³-hybridized carbons (Fsp3) is 0.538. The third kappa shape index (κ3) is 4.64. The van der Waals surface area contributed by atoms with Crippen molar-refractivity contribution in [2.45, 2.75) is 19.9 Å². The van der Waals surface area contributed by atoms with E-state index in [2.05, 4.69) is 11.4 Å². The van der Waals surface area contributed by atoms with Crippen LogP contribution in [-0.4, -0.2) is 26.9 Å². The van der Waals surface area contributed by atoms with E-state index in [1.807, 2.05) is 25.1 Å². The molecule has 3 nitrogen and oxygen atoms in total. The van der Waals surface area contributed by atoms with Crippen LogP contribution in [0.2, 0.25) is 0 Å². The molecule has 0 aromatic heterocycles. The maximum atomic E-state index is 5.55. The summed E-state index contributed by atoms with van der Waals surface area (Å²) in [6, 6.07) is 8.14. The van der Waals surface area contributed by atoms with Crippen LogP contribution in [0.4, 0.5) is 0 Å². The minimum atomic E-state index is 0.709. The van der Waals surface area contributed by atoms with Crippen molar-refractivity contribution in [3.8, 4) is 5.75 Å². The molecule has 16 heavy (non-hydrogen) atoms. The molecule has 90 valence electrons. The van der Waals surface area contributed by atoms with Gasteiger partial charge in [0.2, 0.25) is 0 Å². The molecule has 1 aromatic rings. The molecule has 0 saturated carbocycles. The quantitative estimate of drug-likeness (QED) is 0.685. The Morgan fingerprint density at radius 1 is 1.25 bits per heavy atom. The lowest BCUT2D eigenvalue weighted by molar-refractivity contribution is 0.194. The van der Waals surface area contributed by atoms with Crippen molar-refractivity contribution in [1.29, 1.82) is 0 Å². The van der Waals surface area contributed by atoms with E-state index in [4.69, 9.17) is 9.47 Å². The third-order valence-electron chi connectivity index (χ3n) is 2.29. The standard InChI is InChI=1S/C13H21NO2/c1-3-16-13-8-5-4-7-12(13)11-14-9-6-10-15-2/h4-5,7-8,14H,3,6,9-11H2,1-2H3. The van der Waals surface area contributed by atoms with Gasteiger partial charge in [0.15, 0.2) is 0 Å². The highest BCUT2D eigenvalue weighted by atomic mass is 16.5. The van der Waals surface area contributed by atoms with Crippen molar-refractivity contribution >= 4 is 0 Å². The van der Waals surface area contributed by atoms with Crippen molar-refractivity contribution < 1.29 is 9.47 Å².